The van der Waals surface area contributed by atoms with Crippen LogP contribution in [0.15, 0.2) is 29.7 Å². The molecule has 0 saturated carbocycles. The Balaban J connectivity index is 2.86. The monoisotopic (exact) mass is 147 g/mol. The minimum Gasteiger partial charge on any atom is -0.358 e. The van der Waals surface area contributed by atoms with Gasteiger partial charge in [-0.2, -0.15) is 0 Å². The lowest BCUT2D eigenvalue weighted by Crippen LogP contribution is -1.70. The van der Waals surface area contributed by atoms with E-state index in [0.717, 1.165) is 5.52 Å². The summed E-state index contributed by atoms with van der Waals surface area (Å²) in [4.78, 5) is 17.0. The van der Waals surface area contributed by atoms with E-state index in [2.05, 4.69) is 15.1 Å². The molecule has 54 valence electrons. The van der Waals surface area contributed by atoms with Crippen LogP contribution in [-0.2, 0) is 0 Å². The van der Waals surface area contributed by atoms with Crippen LogP contribution in [0, 0.1) is 4.91 Å². The van der Waals surface area contributed by atoms with Crippen LogP contribution in [0.25, 0.3) is 11.0 Å². The predicted octanol–water partition coefficient (Wildman–Crippen LogP) is 1.96. The molecule has 0 atom stereocenters. The smallest absolute Gasteiger partial charge is 0.151 e. The van der Waals surface area contributed by atoms with Gasteiger partial charge in [0.1, 0.15) is 5.52 Å². The highest BCUT2D eigenvalue weighted by molar-refractivity contribution is 5.86. The summed E-state index contributed by atoms with van der Waals surface area (Å²) in [6.07, 6.45) is 3.18. The highest BCUT2D eigenvalue weighted by atomic mass is 16.3. The number of H-pyrrole nitrogens is 1. The van der Waals surface area contributed by atoms with Crippen molar-refractivity contribution in [1.29, 1.82) is 0 Å². The molecule has 2 aromatic rings. The van der Waals surface area contributed by atoms with E-state index in [1.807, 2.05) is 6.07 Å². The van der Waals surface area contributed by atoms with Gasteiger partial charge in [-0.25, -0.2) is 0 Å². The van der Waals surface area contributed by atoms with Gasteiger partial charge < -0.3 is 4.98 Å². The Morgan fingerprint density at radius 2 is 2.45 bits per heavy atom. The Labute approximate surface area is 62.2 Å². The van der Waals surface area contributed by atoms with E-state index >= 15 is 0 Å². The summed E-state index contributed by atoms with van der Waals surface area (Å²) >= 11 is 0. The summed E-state index contributed by atoms with van der Waals surface area (Å²) in [5.74, 6) is 0. The number of pyridine rings is 1. The quantitative estimate of drug-likeness (QED) is 0.627. The number of hydrogen-bond acceptors (Lipinski definition) is 3. The van der Waals surface area contributed by atoms with Gasteiger partial charge in [0, 0.05) is 12.4 Å². The maximum absolute atomic E-state index is 10.2. The zero-order valence-corrected chi connectivity index (χ0v) is 5.61. The number of aromatic amines is 1. The molecule has 0 aliphatic heterocycles. The first-order chi connectivity index (χ1) is 5.42. The molecule has 0 fully saturated rings. The lowest BCUT2D eigenvalue weighted by Gasteiger charge is -1.84. The van der Waals surface area contributed by atoms with Crippen molar-refractivity contribution in [3.8, 4) is 0 Å². The zero-order valence-electron chi connectivity index (χ0n) is 5.61. The molecule has 4 nitrogen and oxygen atoms in total. The van der Waals surface area contributed by atoms with Gasteiger partial charge in [-0.3, -0.25) is 4.98 Å². The fraction of sp³-hybridized carbons (Fsp3) is 0. The van der Waals surface area contributed by atoms with E-state index in [4.69, 9.17) is 0 Å². The Kier molecular flexibility index (Phi) is 1.18. The normalized spacial score (nSPS) is 10.2. The van der Waals surface area contributed by atoms with Gasteiger partial charge in [0.15, 0.2) is 5.69 Å². The lowest BCUT2D eigenvalue weighted by atomic mass is 10.4. The molecule has 2 heterocycles. The Morgan fingerprint density at radius 1 is 1.55 bits per heavy atom. The molecular weight excluding hydrogens is 142 g/mol. The van der Waals surface area contributed by atoms with E-state index < -0.39 is 0 Å². The van der Waals surface area contributed by atoms with Gasteiger partial charge in [0.05, 0.1) is 5.52 Å². The molecule has 0 unspecified atom stereocenters. The van der Waals surface area contributed by atoms with Crippen LogP contribution in [0.2, 0.25) is 0 Å². The number of rotatable bonds is 1. The first-order valence-corrected chi connectivity index (χ1v) is 3.17. The number of fused-ring (bicyclic) bond motifs is 1. The number of nitrogens with one attached hydrogen (secondary N) is 1. The summed E-state index contributed by atoms with van der Waals surface area (Å²) in [6, 6.07) is 3.64. The Morgan fingerprint density at radius 3 is 3.27 bits per heavy atom. The van der Waals surface area contributed by atoms with Crippen molar-refractivity contribution < 1.29 is 0 Å². The molecule has 2 aromatic heterocycles. The third-order valence-corrected chi connectivity index (χ3v) is 1.51. The molecule has 0 amide bonds. The molecule has 0 aliphatic rings. The van der Waals surface area contributed by atoms with Crippen LogP contribution < -0.4 is 0 Å². The van der Waals surface area contributed by atoms with Crippen molar-refractivity contribution in [1.82, 2.24) is 9.97 Å². The van der Waals surface area contributed by atoms with E-state index in [1.54, 1.807) is 18.5 Å². The molecule has 0 radical (unpaired) electrons. The highest BCUT2D eigenvalue weighted by Crippen LogP contribution is 2.21. The number of hydrogen-bond donors (Lipinski definition) is 1. The van der Waals surface area contributed by atoms with E-state index in [1.165, 1.54) is 0 Å². The van der Waals surface area contributed by atoms with Crippen molar-refractivity contribution in [3.63, 3.8) is 0 Å². The first-order valence-electron chi connectivity index (χ1n) is 3.17. The Hall–Kier alpha value is -1.71. The van der Waals surface area contributed by atoms with Crippen LogP contribution >= 0.6 is 0 Å². The molecule has 0 saturated heterocycles. The van der Waals surface area contributed by atoms with Crippen LogP contribution in [-0.4, -0.2) is 9.97 Å². The van der Waals surface area contributed by atoms with Crippen LogP contribution in [0.4, 0.5) is 5.69 Å². The minimum absolute atomic E-state index is 0.362. The standard InChI is InChI=1S/C7H5N3O/c11-10-6-4-9-5-2-1-3-8-7(5)6/h1-4,9H. The fourth-order valence-corrected chi connectivity index (χ4v) is 1.01. The van der Waals surface area contributed by atoms with Gasteiger partial charge in [-0.15, -0.1) is 4.91 Å². The van der Waals surface area contributed by atoms with Crippen LogP contribution in [0.5, 0.6) is 0 Å². The molecule has 1 N–H and O–H groups in total. The van der Waals surface area contributed by atoms with E-state index in [0.29, 0.717) is 11.2 Å². The molecule has 0 spiro atoms. The van der Waals surface area contributed by atoms with E-state index in [-0.39, 0.29) is 0 Å². The minimum atomic E-state index is 0.362. The summed E-state index contributed by atoms with van der Waals surface area (Å²) in [5.41, 5.74) is 1.82. The maximum atomic E-state index is 10.2. The van der Waals surface area contributed by atoms with Crippen LogP contribution in [0.1, 0.15) is 0 Å². The SMILES string of the molecule is O=Nc1c[nH]c2cccnc12. The third-order valence-electron chi connectivity index (χ3n) is 1.51. The van der Waals surface area contributed by atoms with Crippen LogP contribution in [0.3, 0.4) is 0 Å². The maximum Gasteiger partial charge on any atom is 0.151 e. The topological polar surface area (TPSA) is 58.1 Å². The largest absolute Gasteiger partial charge is 0.358 e. The molecular formula is C7H5N3O. The highest BCUT2D eigenvalue weighted by Gasteiger charge is 2.01. The number of nitroso groups, excluding NO2 is 1. The van der Waals surface area contributed by atoms with Gasteiger partial charge in [0.25, 0.3) is 0 Å². The number of nitrogens with zero attached hydrogens (tertiary/aromatic N) is 2. The lowest BCUT2D eigenvalue weighted by molar-refractivity contribution is 1.40. The first kappa shape index (κ1) is 6.03. The van der Waals surface area contributed by atoms with Crippen molar-refractivity contribution in [2.24, 2.45) is 5.18 Å². The molecule has 4 heteroatoms. The molecule has 2 rings (SSSR count). The van der Waals surface area contributed by atoms with Crippen molar-refractivity contribution in [2.75, 3.05) is 0 Å². The van der Waals surface area contributed by atoms with Gasteiger partial charge in [0.2, 0.25) is 0 Å². The summed E-state index contributed by atoms with van der Waals surface area (Å²) < 4.78 is 0. The summed E-state index contributed by atoms with van der Waals surface area (Å²) in [6.45, 7) is 0. The van der Waals surface area contributed by atoms with Crippen molar-refractivity contribution >= 4 is 16.7 Å². The average Bonchev–Trinajstić information content (AvgIpc) is 2.47. The molecule has 0 bridgehead atoms. The number of aromatic nitrogens is 2. The zero-order chi connectivity index (χ0) is 7.68. The second kappa shape index (κ2) is 2.16. The second-order valence-electron chi connectivity index (χ2n) is 2.16. The summed E-state index contributed by atoms with van der Waals surface area (Å²) in [5, 5.41) is 2.81. The van der Waals surface area contributed by atoms with Gasteiger partial charge >= 0.3 is 0 Å². The Bertz CT molecular complexity index is 393. The third kappa shape index (κ3) is 0.797. The molecule has 0 aromatic carbocycles. The van der Waals surface area contributed by atoms with Crippen molar-refractivity contribution in [2.45, 2.75) is 0 Å². The molecule has 11 heavy (non-hydrogen) atoms. The second-order valence-corrected chi connectivity index (χ2v) is 2.16. The van der Waals surface area contributed by atoms with Crippen molar-refractivity contribution in [3.05, 3.63) is 29.4 Å². The fourth-order valence-electron chi connectivity index (χ4n) is 1.01. The summed E-state index contributed by atoms with van der Waals surface area (Å²) in [7, 11) is 0. The van der Waals surface area contributed by atoms with Gasteiger partial charge in [-0.05, 0) is 17.3 Å². The predicted molar refractivity (Wildman–Crippen MR) is 41.5 cm³/mol. The van der Waals surface area contributed by atoms with Gasteiger partial charge in [-0.1, -0.05) is 0 Å². The van der Waals surface area contributed by atoms with E-state index in [9.17, 15) is 4.91 Å². The average molecular weight is 147 g/mol. The molecule has 0 aliphatic carbocycles.